The molecule has 0 spiro atoms. The fraction of sp³-hybridized carbons (Fsp3) is 0.300. The highest BCUT2D eigenvalue weighted by Crippen LogP contribution is 2.28. The van der Waals surface area contributed by atoms with E-state index in [0.717, 1.165) is 19.4 Å². The van der Waals surface area contributed by atoms with Crippen LogP contribution in [0, 0.1) is 0 Å². The topological polar surface area (TPSA) is 76.7 Å². The largest absolute Gasteiger partial charge is 0.483 e. The van der Waals surface area contributed by atoms with Gasteiger partial charge in [0, 0.05) is 18.2 Å². The molecule has 1 heterocycles. The fourth-order valence-electron chi connectivity index (χ4n) is 2.82. The van der Waals surface area contributed by atoms with Gasteiger partial charge in [0.15, 0.2) is 6.61 Å². The molecule has 1 aliphatic rings. The number of amides is 2. The molecule has 0 radical (unpaired) electrons. The van der Waals surface area contributed by atoms with E-state index in [2.05, 4.69) is 26.6 Å². The maximum absolute atomic E-state index is 12.5. The average Bonchev–Trinajstić information content (AvgIpc) is 3.19. The first-order chi connectivity index (χ1) is 13.5. The number of ether oxygens (including phenoxy) is 2. The minimum Gasteiger partial charge on any atom is -0.483 e. The predicted molar refractivity (Wildman–Crippen MR) is 111 cm³/mol. The zero-order chi connectivity index (χ0) is 19.9. The van der Waals surface area contributed by atoms with Crippen molar-refractivity contribution in [2.75, 3.05) is 25.1 Å². The Morgan fingerprint density at radius 1 is 1.25 bits per heavy atom. The van der Waals surface area contributed by atoms with Crippen LogP contribution in [-0.4, -0.2) is 37.7 Å². The number of anilines is 1. The summed E-state index contributed by atoms with van der Waals surface area (Å²) >= 11 is 9.23. The first-order valence-corrected chi connectivity index (χ1v) is 10.1. The standard InChI is InChI=1S/C20H20BrClN2O4/c21-16-10-13(22)7-8-18(16)28-12-19(25)24-17-6-2-1-5-15(17)20(26)23-11-14-4-3-9-27-14/h1-2,5-8,10,14H,3-4,9,11-12H2,(H,23,26)(H,24,25). The number of carbonyl (C=O) groups excluding carboxylic acids is 2. The highest BCUT2D eigenvalue weighted by molar-refractivity contribution is 9.10. The van der Waals surface area contributed by atoms with E-state index in [-0.39, 0.29) is 24.5 Å². The van der Waals surface area contributed by atoms with Crippen molar-refractivity contribution in [2.24, 2.45) is 0 Å². The molecule has 3 rings (SSSR count). The lowest BCUT2D eigenvalue weighted by Gasteiger charge is -2.14. The van der Waals surface area contributed by atoms with Gasteiger partial charge in [0.05, 0.1) is 21.8 Å². The maximum Gasteiger partial charge on any atom is 0.262 e. The molecule has 6 nitrogen and oxygen atoms in total. The van der Waals surface area contributed by atoms with Gasteiger partial charge in [0.2, 0.25) is 0 Å². The van der Waals surface area contributed by atoms with Crippen LogP contribution in [0.5, 0.6) is 5.75 Å². The van der Waals surface area contributed by atoms with Crippen LogP contribution in [-0.2, 0) is 9.53 Å². The quantitative estimate of drug-likeness (QED) is 0.645. The fourth-order valence-corrected chi connectivity index (χ4v) is 3.62. The van der Waals surface area contributed by atoms with Crippen LogP contribution >= 0.6 is 27.5 Å². The van der Waals surface area contributed by atoms with E-state index in [0.29, 0.717) is 33.0 Å². The number of nitrogens with one attached hydrogen (secondary N) is 2. The third-order valence-electron chi connectivity index (χ3n) is 4.21. The van der Waals surface area contributed by atoms with Crippen molar-refractivity contribution in [1.82, 2.24) is 5.32 Å². The molecule has 1 saturated heterocycles. The van der Waals surface area contributed by atoms with Crippen LogP contribution in [0.3, 0.4) is 0 Å². The van der Waals surface area contributed by atoms with Crippen LogP contribution < -0.4 is 15.4 Å². The number of benzene rings is 2. The zero-order valence-electron chi connectivity index (χ0n) is 15.0. The van der Waals surface area contributed by atoms with Gasteiger partial charge >= 0.3 is 0 Å². The lowest BCUT2D eigenvalue weighted by Crippen LogP contribution is -2.32. The summed E-state index contributed by atoms with van der Waals surface area (Å²) in [5.41, 5.74) is 0.817. The minimum absolute atomic E-state index is 0.0527. The lowest BCUT2D eigenvalue weighted by atomic mass is 10.1. The van der Waals surface area contributed by atoms with Gasteiger partial charge in [-0.1, -0.05) is 23.7 Å². The number of hydrogen-bond donors (Lipinski definition) is 2. The molecule has 1 atom stereocenters. The number of halogens is 2. The highest BCUT2D eigenvalue weighted by atomic mass is 79.9. The molecule has 0 saturated carbocycles. The Balaban J connectivity index is 1.57. The molecule has 0 bridgehead atoms. The van der Waals surface area contributed by atoms with Crippen molar-refractivity contribution in [3.63, 3.8) is 0 Å². The Morgan fingerprint density at radius 2 is 2.07 bits per heavy atom. The van der Waals surface area contributed by atoms with Crippen molar-refractivity contribution < 1.29 is 19.1 Å². The van der Waals surface area contributed by atoms with Crippen LogP contribution in [0.2, 0.25) is 5.02 Å². The molecule has 2 amide bonds. The molecule has 28 heavy (non-hydrogen) atoms. The van der Waals surface area contributed by atoms with E-state index < -0.39 is 0 Å². The van der Waals surface area contributed by atoms with Crippen molar-refractivity contribution in [1.29, 1.82) is 0 Å². The molecule has 1 aliphatic heterocycles. The zero-order valence-corrected chi connectivity index (χ0v) is 17.4. The van der Waals surface area contributed by atoms with Crippen LogP contribution in [0.25, 0.3) is 0 Å². The molecule has 148 valence electrons. The van der Waals surface area contributed by atoms with Gasteiger partial charge in [-0.3, -0.25) is 9.59 Å². The second kappa shape index (κ2) is 9.91. The summed E-state index contributed by atoms with van der Waals surface area (Å²) in [5, 5.41) is 6.14. The van der Waals surface area contributed by atoms with Gasteiger partial charge in [-0.2, -0.15) is 0 Å². The number of para-hydroxylation sites is 1. The smallest absolute Gasteiger partial charge is 0.262 e. The monoisotopic (exact) mass is 466 g/mol. The summed E-state index contributed by atoms with van der Waals surface area (Å²) in [6.07, 6.45) is 2.00. The van der Waals surface area contributed by atoms with Gasteiger partial charge in [-0.25, -0.2) is 0 Å². The summed E-state index contributed by atoms with van der Waals surface area (Å²) in [4.78, 5) is 24.8. The summed E-state index contributed by atoms with van der Waals surface area (Å²) in [7, 11) is 0. The average molecular weight is 468 g/mol. The first kappa shape index (κ1) is 20.6. The van der Waals surface area contributed by atoms with Gasteiger partial charge in [-0.15, -0.1) is 0 Å². The summed E-state index contributed by atoms with van der Waals surface area (Å²) < 4.78 is 11.7. The van der Waals surface area contributed by atoms with Crippen molar-refractivity contribution >= 4 is 45.0 Å². The lowest BCUT2D eigenvalue weighted by molar-refractivity contribution is -0.118. The summed E-state index contributed by atoms with van der Waals surface area (Å²) in [5.74, 6) is -0.129. The Bertz CT molecular complexity index is 856. The molecular formula is C20H20BrClN2O4. The molecule has 1 unspecified atom stereocenters. The maximum atomic E-state index is 12.5. The first-order valence-electron chi connectivity index (χ1n) is 8.89. The third-order valence-corrected chi connectivity index (χ3v) is 5.07. The van der Waals surface area contributed by atoms with E-state index in [9.17, 15) is 9.59 Å². The molecule has 0 aromatic heterocycles. The van der Waals surface area contributed by atoms with E-state index in [4.69, 9.17) is 21.1 Å². The van der Waals surface area contributed by atoms with Crippen molar-refractivity contribution in [3.8, 4) is 5.75 Å². The Hall–Kier alpha value is -2.09. The SMILES string of the molecule is O=C(COc1ccc(Cl)cc1Br)Nc1ccccc1C(=O)NCC1CCCO1. The normalized spacial score (nSPS) is 15.9. The Labute approximate surface area is 176 Å². The predicted octanol–water partition coefficient (Wildman–Crippen LogP) is 4.03. The van der Waals surface area contributed by atoms with E-state index >= 15 is 0 Å². The van der Waals surface area contributed by atoms with Crippen LogP contribution in [0.15, 0.2) is 46.9 Å². The van der Waals surface area contributed by atoms with Gasteiger partial charge in [-0.05, 0) is 59.1 Å². The third kappa shape index (κ3) is 5.70. The van der Waals surface area contributed by atoms with Crippen molar-refractivity contribution in [2.45, 2.75) is 18.9 Å². The second-order valence-corrected chi connectivity index (χ2v) is 7.59. The molecular weight excluding hydrogens is 448 g/mol. The molecule has 0 aliphatic carbocycles. The minimum atomic E-state index is -0.374. The van der Waals surface area contributed by atoms with Crippen LogP contribution in [0.4, 0.5) is 5.69 Å². The number of hydrogen-bond acceptors (Lipinski definition) is 4. The van der Waals surface area contributed by atoms with Crippen molar-refractivity contribution in [3.05, 3.63) is 57.5 Å². The van der Waals surface area contributed by atoms with Gasteiger partial charge < -0.3 is 20.1 Å². The van der Waals surface area contributed by atoms with Crippen LogP contribution in [0.1, 0.15) is 23.2 Å². The van der Waals surface area contributed by atoms with Gasteiger partial charge in [0.1, 0.15) is 5.75 Å². The number of rotatable bonds is 7. The Kier molecular flexibility index (Phi) is 7.30. The molecule has 8 heteroatoms. The summed E-state index contributed by atoms with van der Waals surface area (Å²) in [6.45, 7) is 0.984. The molecule has 2 aromatic carbocycles. The second-order valence-electron chi connectivity index (χ2n) is 6.30. The van der Waals surface area contributed by atoms with E-state index in [1.807, 2.05) is 0 Å². The van der Waals surface area contributed by atoms with E-state index in [1.165, 1.54) is 0 Å². The molecule has 1 fully saturated rings. The number of carbonyl (C=O) groups is 2. The summed E-state index contributed by atoms with van der Waals surface area (Å²) in [6, 6.07) is 11.9. The Morgan fingerprint density at radius 3 is 2.82 bits per heavy atom. The molecule has 2 aromatic rings. The van der Waals surface area contributed by atoms with Gasteiger partial charge in [0.25, 0.3) is 11.8 Å². The highest BCUT2D eigenvalue weighted by Gasteiger charge is 2.18. The van der Waals surface area contributed by atoms with E-state index in [1.54, 1.807) is 42.5 Å². The molecule has 2 N–H and O–H groups in total.